The van der Waals surface area contributed by atoms with Crippen molar-refractivity contribution in [1.82, 2.24) is 20.6 Å². The predicted molar refractivity (Wildman–Crippen MR) is 114 cm³/mol. The second kappa shape index (κ2) is 9.97. The number of thiazole rings is 1. The van der Waals surface area contributed by atoms with Crippen molar-refractivity contribution in [3.05, 3.63) is 69.6 Å². The Hall–Kier alpha value is -3.00. The number of guanidine groups is 1. The summed E-state index contributed by atoms with van der Waals surface area (Å²) in [5.74, 6) is 1.42. The van der Waals surface area contributed by atoms with Crippen LogP contribution in [0.25, 0.3) is 0 Å². The largest absolute Gasteiger partial charge is 0.439 e. The van der Waals surface area contributed by atoms with Gasteiger partial charge in [0.05, 0.1) is 10.7 Å². The van der Waals surface area contributed by atoms with Gasteiger partial charge >= 0.3 is 0 Å². The Morgan fingerprint density at radius 3 is 2.55 bits per heavy atom. The molecule has 2 aromatic heterocycles. The third-order valence-corrected chi connectivity index (χ3v) is 5.35. The molecule has 0 aliphatic heterocycles. The standard InChI is InChI=1S/C21H24FN5OS/c1-14-15(2)29-20(27-14)10-11-24-21(23-3)26-13-16-4-9-19(25-12-16)28-18-7-5-17(22)6-8-18/h4-9,12H,10-11,13H2,1-3H3,(H2,23,24,26). The number of aromatic nitrogens is 2. The highest BCUT2D eigenvalue weighted by Crippen LogP contribution is 2.19. The fourth-order valence-electron chi connectivity index (χ4n) is 2.54. The van der Waals surface area contributed by atoms with Crippen molar-refractivity contribution >= 4 is 17.3 Å². The second-order valence-electron chi connectivity index (χ2n) is 6.41. The first kappa shape index (κ1) is 20.7. The van der Waals surface area contributed by atoms with E-state index in [-0.39, 0.29) is 5.82 Å². The molecule has 0 spiro atoms. The first-order valence-electron chi connectivity index (χ1n) is 9.29. The maximum Gasteiger partial charge on any atom is 0.219 e. The molecule has 0 unspecified atom stereocenters. The number of aliphatic imine (C=N–C) groups is 1. The van der Waals surface area contributed by atoms with Gasteiger partial charge in [-0.1, -0.05) is 6.07 Å². The summed E-state index contributed by atoms with van der Waals surface area (Å²) in [7, 11) is 1.74. The Kier molecular flexibility index (Phi) is 7.13. The van der Waals surface area contributed by atoms with E-state index < -0.39 is 0 Å². The van der Waals surface area contributed by atoms with Crippen LogP contribution >= 0.6 is 11.3 Å². The van der Waals surface area contributed by atoms with Crippen LogP contribution in [0.15, 0.2) is 47.6 Å². The van der Waals surface area contributed by atoms with Gasteiger partial charge in [-0.2, -0.15) is 0 Å². The Morgan fingerprint density at radius 1 is 1.14 bits per heavy atom. The Bertz CT molecular complexity index is 935. The summed E-state index contributed by atoms with van der Waals surface area (Å²) >= 11 is 1.74. The Morgan fingerprint density at radius 2 is 1.93 bits per heavy atom. The zero-order valence-electron chi connectivity index (χ0n) is 16.7. The molecular weight excluding hydrogens is 389 g/mol. The lowest BCUT2D eigenvalue weighted by Crippen LogP contribution is -2.37. The first-order chi connectivity index (χ1) is 14.0. The number of benzene rings is 1. The van der Waals surface area contributed by atoms with Crippen LogP contribution in [0.2, 0.25) is 0 Å². The van der Waals surface area contributed by atoms with Gasteiger partial charge in [0.25, 0.3) is 0 Å². The Labute approximate surface area is 173 Å². The molecule has 0 saturated heterocycles. The zero-order chi connectivity index (χ0) is 20.6. The highest BCUT2D eigenvalue weighted by atomic mass is 32.1. The van der Waals surface area contributed by atoms with E-state index in [1.807, 2.05) is 13.0 Å². The van der Waals surface area contributed by atoms with Crippen LogP contribution in [0, 0.1) is 19.7 Å². The molecule has 1 aromatic carbocycles. The molecule has 3 rings (SSSR count). The first-order valence-corrected chi connectivity index (χ1v) is 10.1. The topological polar surface area (TPSA) is 71.4 Å². The summed E-state index contributed by atoms with van der Waals surface area (Å²) in [5.41, 5.74) is 2.09. The fraction of sp³-hybridized carbons (Fsp3) is 0.286. The number of rotatable bonds is 7. The highest BCUT2D eigenvalue weighted by Gasteiger charge is 2.05. The summed E-state index contributed by atoms with van der Waals surface area (Å²) in [6.07, 6.45) is 2.59. The molecule has 8 heteroatoms. The van der Waals surface area contributed by atoms with Crippen LogP contribution in [0.5, 0.6) is 11.6 Å². The van der Waals surface area contributed by atoms with Crippen molar-refractivity contribution < 1.29 is 9.13 Å². The van der Waals surface area contributed by atoms with Crippen LogP contribution in [0.1, 0.15) is 21.1 Å². The van der Waals surface area contributed by atoms with Gasteiger partial charge in [-0.25, -0.2) is 14.4 Å². The lowest BCUT2D eigenvalue weighted by atomic mass is 10.3. The van der Waals surface area contributed by atoms with Gasteiger partial charge in [0.1, 0.15) is 11.6 Å². The van der Waals surface area contributed by atoms with E-state index >= 15 is 0 Å². The van der Waals surface area contributed by atoms with E-state index in [0.29, 0.717) is 18.2 Å². The minimum atomic E-state index is -0.300. The summed E-state index contributed by atoms with van der Waals surface area (Å²) in [6.45, 7) is 5.47. The van der Waals surface area contributed by atoms with Gasteiger partial charge in [-0.3, -0.25) is 4.99 Å². The monoisotopic (exact) mass is 413 g/mol. The quantitative estimate of drug-likeness (QED) is 0.453. The molecule has 2 heterocycles. The average Bonchev–Trinajstić information content (AvgIpc) is 3.04. The molecule has 0 atom stereocenters. The van der Waals surface area contributed by atoms with Gasteiger partial charge in [-0.05, 0) is 43.7 Å². The van der Waals surface area contributed by atoms with Crippen LogP contribution < -0.4 is 15.4 Å². The van der Waals surface area contributed by atoms with Gasteiger partial charge in [0.15, 0.2) is 5.96 Å². The van der Waals surface area contributed by atoms with Crippen molar-refractivity contribution in [3.63, 3.8) is 0 Å². The van der Waals surface area contributed by atoms with Crippen molar-refractivity contribution in [3.8, 4) is 11.6 Å². The summed E-state index contributed by atoms with van der Waals surface area (Å²) in [5, 5.41) is 7.69. The molecule has 0 aliphatic rings. The highest BCUT2D eigenvalue weighted by molar-refractivity contribution is 7.11. The normalized spacial score (nSPS) is 11.4. The number of pyridine rings is 1. The van der Waals surface area contributed by atoms with Crippen molar-refractivity contribution in [2.45, 2.75) is 26.8 Å². The van der Waals surface area contributed by atoms with Crippen molar-refractivity contribution in [2.75, 3.05) is 13.6 Å². The predicted octanol–water partition coefficient (Wildman–Crippen LogP) is 3.99. The SMILES string of the molecule is CN=C(NCCc1nc(C)c(C)s1)NCc1ccc(Oc2ccc(F)cc2)nc1. The molecule has 29 heavy (non-hydrogen) atoms. The minimum Gasteiger partial charge on any atom is -0.439 e. The minimum absolute atomic E-state index is 0.300. The number of nitrogens with one attached hydrogen (secondary N) is 2. The zero-order valence-corrected chi connectivity index (χ0v) is 17.5. The molecule has 0 saturated carbocycles. The summed E-state index contributed by atoms with van der Waals surface area (Å²) < 4.78 is 18.5. The van der Waals surface area contributed by atoms with E-state index in [4.69, 9.17) is 4.74 Å². The van der Waals surface area contributed by atoms with Gasteiger partial charge < -0.3 is 15.4 Å². The molecule has 0 bridgehead atoms. The lowest BCUT2D eigenvalue weighted by molar-refractivity contribution is 0.461. The molecule has 152 valence electrons. The summed E-state index contributed by atoms with van der Waals surface area (Å²) in [4.78, 5) is 14.3. The number of aryl methyl sites for hydroxylation is 2. The maximum absolute atomic E-state index is 12.9. The summed E-state index contributed by atoms with van der Waals surface area (Å²) in [6, 6.07) is 9.54. The second-order valence-corrected chi connectivity index (χ2v) is 7.70. The number of hydrogen-bond donors (Lipinski definition) is 2. The van der Waals surface area contributed by atoms with E-state index in [2.05, 4.69) is 32.5 Å². The molecule has 6 nitrogen and oxygen atoms in total. The molecule has 2 N–H and O–H groups in total. The van der Waals surface area contributed by atoms with Gasteiger partial charge in [0, 0.05) is 43.7 Å². The molecule has 0 aliphatic carbocycles. The lowest BCUT2D eigenvalue weighted by Gasteiger charge is -2.11. The van der Waals surface area contributed by atoms with Crippen molar-refractivity contribution in [1.29, 1.82) is 0 Å². The fourth-order valence-corrected chi connectivity index (χ4v) is 3.47. The van der Waals surface area contributed by atoms with E-state index in [1.165, 1.54) is 17.0 Å². The molecule has 0 fully saturated rings. The molecule has 3 aromatic rings. The third kappa shape index (κ3) is 6.25. The number of nitrogens with zero attached hydrogens (tertiary/aromatic N) is 3. The number of halogens is 1. The third-order valence-electron chi connectivity index (χ3n) is 4.22. The van der Waals surface area contributed by atoms with Crippen LogP contribution in [0.4, 0.5) is 4.39 Å². The molecule has 0 amide bonds. The van der Waals surface area contributed by atoms with Gasteiger partial charge in [-0.15, -0.1) is 11.3 Å². The van der Waals surface area contributed by atoms with Crippen LogP contribution in [-0.4, -0.2) is 29.5 Å². The van der Waals surface area contributed by atoms with E-state index in [0.717, 1.165) is 35.2 Å². The number of ether oxygens (including phenoxy) is 1. The van der Waals surface area contributed by atoms with Crippen LogP contribution in [-0.2, 0) is 13.0 Å². The van der Waals surface area contributed by atoms with Crippen molar-refractivity contribution in [2.24, 2.45) is 4.99 Å². The molecule has 0 radical (unpaired) electrons. The van der Waals surface area contributed by atoms with Gasteiger partial charge in [0.2, 0.25) is 5.88 Å². The van der Waals surface area contributed by atoms with Crippen LogP contribution in [0.3, 0.4) is 0 Å². The maximum atomic E-state index is 12.9. The molecular formula is C21H24FN5OS. The number of hydrogen-bond acceptors (Lipinski definition) is 5. The Balaban J connectivity index is 1.44. The van der Waals surface area contributed by atoms with E-state index in [9.17, 15) is 4.39 Å². The smallest absolute Gasteiger partial charge is 0.219 e. The average molecular weight is 414 g/mol. The van der Waals surface area contributed by atoms with E-state index in [1.54, 1.807) is 42.8 Å².